The smallest absolute Gasteiger partial charge is 0.0521 e. The van der Waals surface area contributed by atoms with Gasteiger partial charge >= 0.3 is 0 Å². The van der Waals surface area contributed by atoms with E-state index in [0.29, 0.717) is 5.02 Å². The highest BCUT2D eigenvalue weighted by Crippen LogP contribution is 2.31. The molecule has 0 aliphatic rings. The quantitative estimate of drug-likeness (QED) is 0.922. The third-order valence-electron chi connectivity index (χ3n) is 3.24. The highest BCUT2D eigenvalue weighted by Gasteiger charge is 2.23. The number of rotatable bonds is 4. The van der Waals surface area contributed by atoms with E-state index in [1.54, 1.807) is 4.68 Å². The Kier molecular flexibility index (Phi) is 4.33. The second-order valence-corrected chi connectivity index (χ2v) is 6.39. The zero-order valence-corrected chi connectivity index (χ0v) is 13.4. The highest BCUT2D eigenvalue weighted by molar-refractivity contribution is 9.10. The minimum Gasteiger partial charge on any atom is -0.322 e. The molecule has 1 heterocycles. The summed E-state index contributed by atoms with van der Waals surface area (Å²) in [5, 5.41) is 4.86. The SMILES string of the molecule is Cn1cc(CCC(C)(N)c2ccc(Br)cc2Cl)cn1. The second kappa shape index (κ2) is 5.65. The van der Waals surface area contributed by atoms with Gasteiger partial charge in [0.2, 0.25) is 0 Å². The number of nitrogens with zero attached hydrogens (tertiary/aromatic N) is 2. The first-order valence-corrected chi connectivity index (χ1v) is 7.27. The van der Waals surface area contributed by atoms with Gasteiger partial charge in [-0.05, 0) is 43.0 Å². The van der Waals surface area contributed by atoms with Crippen LogP contribution in [0.3, 0.4) is 0 Å². The summed E-state index contributed by atoms with van der Waals surface area (Å²) in [6, 6.07) is 5.83. The molecule has 0 aliphatic heterocycles. The third-order valence-corrected chi connectivity index (χ3v) is 4.04. The van der Waals surface area contributed by atoms with Crippen LogP contribution in [-0.4, -0.2) is 9.78 Å². The molecular formula is C14H17BrClN3. The fourth-order valence-corrected chi connectivity index (χ4v) is 2.98. The number of nitrogens with two attached hydrogens (primary N) is 1. The molecule has 19 heavy (non-hydrogen) atoms. The molecule has 2 N–H and O–H groups in total. The van der Waals surface area contributed by atoms with Gasteiger partial charge in [0.05, 0.1) is 6.20 Å². The number of hydrogen-bond acceptors (Lipinski definition) is 2. The normalized spacial score (nSPS) is 14.4. The number of aryl methyl sites for hydroxylation is 2. The van der Waals surface area contributed by atoms with Crippen molar-refractivity contribution in [1.82, 2.24) is 9.78 Å². The maximum atomic E-state index is 6.42. The van der Waals surface area contributed by atoms with Gasteiger partial charge in [-0.25, -0.2) is 0 Å². The van der Waals surface area contributed by atoms with E-state index in [9.17, 15) is 0 Å². The monoisotopic (exact) mass is 341 g/mol. The van der Waals surface area contributed by atoms with Gasteiger partial charge in [0, 0.05) is 28.3 Å². The predicted molar refractivity (Wildman–Crippen MR) is 82.2 cm³/mol. The third kappa shape index (κ3) is 3.59. The molecule has 2 rings (SSSR count). The van der Waals surface area contributed by atoms with Gasteiger partial charge in [0.15, 0.2) is 0 Å². The van der Waals surface area contributed by atoms with E-state index < -0.39 is 5.54 Å². The van der Waals surface area contributed by atoms with Crippen LogP contribution >= 0.6 is 27.5 Å². The summed E-state index contributed by atoms with van der Waals surface area (Å²) >= 11 is 9.68. The molecule has 0 fully saturated rings. The summed E-state index contributed by atoms with van der Waals surface area (Å²) in [7, 11) is 1.91. The number of hydrogen-bond donors (Lipinski definition) is 1. The minimum atomic E-state index is -0.451. The molecule has 1 aromatic heterocycles. The zero-order chi connectivity index (χ0) is 14.0. The Morgan fingerprint density at radius 3 is 2.79 bits per heavy atom. The lowest BCUT2D eigenvalue weighted by Gasteiger charge is -2.26. The molecule has 0 saturated carbocycles. The lowest BCUT2D eigenvalue weighted by molar-refractivity contribution is 0.453. The Labute approximate surface area is 126 Å². The van der Waals surface area contributed by atoms with Crippen molar-refractivity contribution in [3.05, 3.63) is 51.2 Å². The first-order valence-electron chi connectivity index (χ1n) is 6.10. The molecule has 1 unspecified atom stereocenters. The van der Waals surface area contributed by atoms with Crippen molar-refractivity contribution in [2.45, 2.75) is 25.3 Å². The van der Waals surface area contributed by atoms with Crippen molar-refractivity contribution in [2.24, 2.45) is 12.8 Å². The van der Waals surface area contributed by atoms with Gasteiger partial charge < -0.3 is 5.73 Å². The van der Waals surface area contributed by atoms with E-state index in [-0.39, 0.29) is 0 Å². The molecule has 0 amide bonds. The van der Waals surface area contributed by atoms with Gasteiger partial charge in [-0.2, -0.15) is 5.10 Å². The summed E-state index contributed by atoms with van der Waals surface area (Å²) in [5.74, 6) is 0. The summed E-state index contributed by atoms with van der Waals surface area (Å²) in [6.07, 6.45) is 5.59. The molecule has 5 heteroatoms. The van der Waals surface area contributed by atoms with E-state index >= 15 is 0 Å². The number of benzene rings is 1. The van der Waals surface area contributed by atoms with Crippen molar-refractivity contribution >= 4 is 27.5 Å². The fourth-order valence-electron chi connectivity index (χ4n) is 2.09. The lowest BCUT2D eigenvalue weighted by atomic mass is 9.87. The van der Waals surface area contributed by atoms with Crippen molar-refractivity contribution in [1.29, 1.82) is 0 Å². The van der Waals surface area contributed by atoms with Crippen LogP contribution in [0.25, 0.3) is 0 Å². The molecule has 1 atom stereocenters. The summed E-state index contributed by atoms with van der Waals surface area (Å²) < 4.78 is 2.76. The molecule has 3 nitrogen and oxygen atoms in total. The van der Waals surface area contributed by atoms with Crippen molar-refractivity contribution in [3.63, 3.8) is 0 Å². The van der Waals surface area contributed by atoms with E-state index in [4.69, 9.17) is 17.3 Å². The highest BCUT2D eigenvalue weighted by atomic mass is 79.9. The van der Waals surface area contributed by atoms with Crippen LogP contribution in [0.1, 0.15) is 24.5 Å². The number of aromatic nitrogens is 2. The topological polar surface area (TPSA) is 43.8 Å². The van der Waals surface area contributed by atoms with Gasteiger partial charge in [-0.15, -0.1) is 0 Å². The Balaban J connectivity index is 2.13. The largest absolute Gasteiger partial charge is 0.322 e. The van der Waals surface area contributed by atoms with Gasteiger partial charge in [-0.3, -0.25) is 4.68 Å². The summed E-state index contributed by atoms with van der Waals surface area (Å²) in [4.78, 5) is 0. The van der Waals surface area contributed by atoms with E-state index in [0.717, 1.165) is 22.9 Å². The maximum Gasteiger partial charge on any atom is 0.0521 e. The van der Waals surface area contributed by atoms with E-state index in [2.05, 4.69) is 21.0 Å². The molecule has 0 saturated heterocycles. The Hall–Kier alpha value is -0.840. The van der Waals surface area contributed by atoms with Crippen LogP contribution in [0, 0.1) is 0 Å². The summed E-state index contributed by atoms with van der Waals surface area (Å²) in [6.45, 7) is 2.01. The Morgan fingerprint density at radius 2 is 2.21 bits per heavy atom. The molecule has 1 aromatic carbocycles. The van der Waals surface area contributed by atoms with Crippen molar-refractivity contribution < 1.29 is 0 Å². The standard InChI is InChI=1S/C14H17BrClN3/c1-14(17,6-5-10-8-18-19(2)9-10)12-4-3-11(15)7-13(12)16/h3-4,7-9H,5-6,17H2,1-2H3. The van der Waals surface area contributed by atoms with Crippen LogP contribution in [0.4, 0.5) is 0 Å². The summed E-state index contributed by atoms with van der Waals surface area (Å²) in [5.41, 5.74) is 8.13. The van der Waals surface area contributed by atoms with Crippen LogP contribution in [-0.2, 0) is 19.0 Å². The molecule has 0 bridgehead atoms. The second-order valence-electron chi connectivity index (χ2n) is 5.06. The van der Waals surface area contributed by atoms with Gasteiger partial charge in [0.1, 0.15) is 0 Å². The molecule has 0 radical (unpaired) electrons. The van der Waals surface area contributed by atoms with Gasteiger partial charge in [0.25, 0.3) is 0 Å². The maximum absolute atomic E-state index is 6.42. The minimum absolute atomic E-state index is 0.451. The molecule has 102 valence electrons. The van der Waals surface area contributed by atoms with Crippen LogP contribution in [0.15, 0.2) is 35.1 Å². The zero-order valence-electron chi connectivity index (χ0n) is 11.0. The van der Waals surface area contributed by atoms with Crippen molar-refractivity contribution in [2.75, 3.05) is 0 Å². The van der Waals surface area contributed by atoms with Crippen LogP contribution in [0.5, 0.6) is 0 Å². The van der Waals surface area contributed by atoms with E-state index in [1.165, 1.54) is 5.56 Å². The molecule has 2 aromatic rings. The molecular weight excluding hydrogens is 326 g/mol. The fraction of sp³-hybridized carbons (Fsp3) is 0.357. The van der Waals surface area contributed by atoms with Crippen molar-refractivity contribution in [3.8, 4) is 0 Å². The first-order chi connectivity index (χ1) is 8.88. The average Bonchev–Trinajstić information content (AvgIpc) is 2.72. The average molecular weight is 343 g/mol. The Bertz CT molecular complexity index is 578. The van der Waals surface area contributed by atoms with Crippen LogP contribution < -0.4 is 5.73 Å². The molecule has 0 aliphatic carbocycles. The molecule has 0 spiro atoms. The van der Waals surface area contributed by atoms with E-state index in [1.807, 2.05) is 44.6 Å². The number of halogens is 2. The lowest BCUT2D eigenvalue weighted by Crippen LogP contribution is -2.33. The first kappa shape index (κ1) is 14.6. The predicted octanol–water partition coefficient (Wildman–Crippen LogP) is 3.64. The Morgan fingerprint density at radius 1 is 1.47 bits per heavy atom. The van der Waals surface area contributed by atoms with Crippen LogP contribution in [0.2, 0.25) is 5.02 Å². The van der Waals surface area contributed by atoms with Gasteiger partial charge in [-0.1, -0.05) is 33.6 Å².